The molecule has 4 nitrogen and oxygen atoms in total. The molecule has 1 saturated heterocycles. The molecule has 0 aliphatic carbocycles. The summed E-state index contributed by atoms with van der Waals surface area (Å²) in [6.45, 7) is 1.83. The molecule has 2 rings (SSSR count). The standard InChI is InChI=1S/C12H17FN2O2S.ClH/c1-18(16,17)10-2-3-12(11(13)8-10)15-9-4-6-14-7-5-9;/h2-3,8-9,14-15H,4-7H2,1H3;1H. The van der Waals surface area contributed by atoms with Crippen LogP contribution in [0.25, 0.3) is 0 Å². The van der Waals surface area contributed by atoms with Crippen molar-refractivity contribution in [3.63, 3.8) is 0 Å². The van der Waals surface area contributed by atoms with Crippen LogP contribution in [0.2, 0.25) is 0 Å². The Balaban J connectivity index is 0.00000180. The number of hydrogen-bond acceptors (Lipinski definition) is 4. The fourth-order valence-corrected chi connectivity index (χ4v) is 2.66. The molecular formula is C12H18ClFN2O2S. The Bertz CT molecular complexity index is 531. The van der Waals surface area contributed by atoms with Gasteiger partial charge in [-0.15, -0.1) is 12.4 Å². The van der Waals surface area contributed by atoms with E-state index in [-0.39, 0.29) is 23.3 Å². The van der Waals surface area contributed by atoms with Gasteiger partial charge in [0.15, 0.2) is 9.84 Å². The van der Waals surface area contributed by atoms with E-state index in [1.165, 1.54) is 12.1 Å². The lowest BCUT2D eigenvalue weighted by Gasteiger charge is -2.24. The maximum atomic E-state index is 13.8. The van der Waals surface area contributed by atoms with Gasteiger partial charge in [0.05, 0.1) is 10.6 Å². The van der Waals surface area contributed by atoms with Crippen molar-refractivity contribution in [3.8, 4) is 0 Å². The summed E-state index contributed by atoms with van der Waals surface area (Å²) in [6, 6.07) is 4.23. The second-order valence-electron chi connectivity index (χ2n) is 4.58. The Morgan fingerprint density at radius 3 is 2.47 bits per heavy atom. The molecule has 7 heteroatoms. The molecule has 19 heavy (non-hydrogen) atoms. The maximum absolute atomic E-state index is 13.8. The molecule has 0 saturated carbocycles. The van der Waals surface area contributed by atoms with Crippen LogP contribution in [0.15, 0.2) is 23.1 Å². The predicted octanol–water partition coefficient (Wildman–Crippen LogP) is 1.81. The number of piperidine rings is 1. The third-order valence-electron chi connectivity index (χ3n) is 3.07. The average Bonchev–Trinajstić information content (AvgIpc) is 2.32. The van der Waals surface area contributed by atoms with Gasteiger partial charge in [-0.1, -0.05) is 0 Å². The predicted molar refractivity (Wildman–Crippen MR) is 76.3 cm³/mol. The van der Waals surface area contributed by atoms with Crippen LogP contribution < -0.4 is 10.6 Å². The van der Waals surface area contributed by atoms with Gasteiger partial charge in [-0.3, -0.25) is 0 Å². The largest absolute Gasteiger partial charge is 0.380 e. The average molecular weight is 309 g/mol. The highest BCUT2D eigenvalue weighted by Gasteiger charge is 2.16. The highest BCUT2D eigenvalue weighted by Crippen LogP contribution is 2.21. The first-order chi connectivity index (χ1) is 8.47. The molecule has 1 fully saturated rings. The third-order valence-corrected chi connectivity index (χ3v) is 4.18. The molecule has 0 radical (unpaired) electrons. The molecule has 0 atom stereocenters. The lowest BCUT2D eigenvalue weighted by Crippen LogP contribution is -2.35. The number of hydrogen-bond donors (Lipinski definition) is 2. The molecule has 1 aliphatic rings. The van der Waals surface area contributed by atoms with Crippen molar-refractivity contribution in [1.82, 2.24) is 5.32 Å². The van der Waals surface area contributed by atoms with Crippen molar-refractivity contribution in [1.29, 1.82) is 0 Å². The van der Waals surface area contributed by atoms with Gasteiger partial charge in [0.25, 0.3) is 0 Å². The molecule has 1 heterocycles. The maximum Gasteiger partial charge on any atom is 0.175 e. The minimum absolute atomic E-state index is 0. The second-order valence-corrected chi connectivity index (χ2v) is 6.60. The Labute approximate surface area is 119 Å². The van der Waals surface area contributed by atoms with E-state index in [1.807, 2.05) is 0 Å². The highest BCUT2D eigenvalue weighted by molar-refractivity contribution is 7.90. The molecule has 0 spiro atoms. The van der Waals surface area contributed by atoms with E-state index < -0.39 is 15.7 Å². The SMILES string of the molecule is CS(=O)(=O)c1ccc(NC2CCNCC2)c(F)c1.Cl. The van der Waals surface area contributed by atoms with Crippen LogP contribution in [-0.2, 0) is 9.84 Å². The molecule has 0 unspecified atom stereocenters. The highest BCUT2D eigenvalue weighted by atomic mass is 35.5. The summed E-state index contributed by atoms with van der Waals surface area (Å²) in [4.78, 5) is 0.0101. The van der Waals surface area contributed by atoms with Gasteiger partial charge in [-0.05, 0) is 44.1 Å². The zero-order chi connectivity index (χ0) is 13.2. The van der Waals surface area contributed by atoms with Crippen LogP contribution in [0.1, 0.15) is 12.8 Å². The van der Waals surface area contributed by atoms with Gasteiger partial charge in [0.1, 0.15) is 5.82 Å². The molecule has 0 aromatic heterocycles. The fraction of sp³-hybridized carbons (Fsp3) is 0.500. The Hall–Kier alpha value is -0.850. The summed E-state index contributed by atoms with van der Waals surface area (Å²) in [7, 11) is -3.35. The minimum Gasteiger partial charge on any atom is -0.380 e. The number of benzene rings is 1. The van der Waals surface area contributed by atoms with E-state index in [1.54, 1.807) is 0 Å². The molecule has 2 N–H and O–H groups in total. The lowest BCUT2D eigenvalue weighted by molar-refractivity contribution is 0.476. The van der Waals surface area contributed by atoms with Crippen molar-refractivity contribution < 1.29 is 12.8 Å². The van der Waals surface area contributed by atoms with Gasteiger partial charge < -0.3 is 10.6 Å². The molecule has 0 bridgehead atoms. The topological polar surface area (TPSA) is 58.2 Å². The van der Waals surface area contributed by atoms with E-state index in [0.717, 1.165) is 38.3 Å². The van der Waals surface area contributed by atoms with Crippen molar-refractivity contribution in [2.24, 2.45) is 0 Å². The van der Waals surface area contributed by atoms with Crippen molar-refractivity contribution in [3.05, 3.63) is 24.0 Å². The van der Waals surface area contributed by atoms with Crippen molar-refractivity contribution in [2.75, 3.05) is 24.7 Å². The molecular weight excluding hydrogens is 291 g/mol. The number of rotatable bonds is 3. The summed E-state index contributed by atoms with van der Waals surface area (Å²) >= 11 is 0. The van der Waals surface area contributed by atoms with Gasteiger partial charge >= 0.3 is 0 Å². The van der Waals surface area contributed by atoms with Gasteiger partial charge in [0, 0.05) is 12.3 Å². The number of nitrogens with one attached hydrogen (secondary N) is 2. The van der Waals surface area contributed by atoms with Crippen LogP contribution >= 0.6 is 12.4 Å². The van der Waals surface area contributed by atoms with Crippen LogP contribution in [-0.4, -0.2) is 33.8 Å². The Morgan fingerprint density at radius 2 is 1.95 bits per heavy atom. The van der Waals surface area contributed by atoms with Gasteiger partial charge in [0.2, 0.25) is 0 Å². The summed E-state index contributed by atoms with van der Waals surface area (Å²) in [5.41, 5.74) is 0.370. The van der Waals surface area contributed by atoms with Crippen LogP contribution in [0, 0.1) is 5.82 Å². The smallest absolute Gasteiger partial charge is 0.175 e. The number of anilines is 1. The molecule has 108 valence electrons. The fourth-order valence-electron chi connectivity index (χ4n) is 2.03. The molecule has 1 aromatic rings. The summed E-state index contributed by atoms with van der Waals surface area (Å²) < 4.78 is 36.4. The second kappa shape index (κ2) is 6.54. The van der Waals surface area contributed by atoms with Crippen molar-refractivity contribution in [2.45, 2.75) is 23.8 Å². The molecule has 1 aliphatic heterocycles. The Kier molecular flexibility index (Phi) is 5.58. The lowest BCUT2D eigenvalue weighted by atomic mass is 10.1. The zero-order valence-electron chi connectivity index (χ0n) is 10.6. The monoisotopic (exact) mass is 308 g/mol. The van der Waals surface area contributed by atoms with Crippen molar-refractivity contribution >= 4 is 27.9 Å². The molecule has 0 amide bonds. The van der Waals surface area contributed by atoms with Gasteiger partial charge in [-0.25, -0.2) is 12.8 Å². The van der Waals surface area contributed by atoms with E-state index in [2.05, 4.69) is 10.6 Å². The minimum atomic E-state index is -3.35. The first-order valence-electron chi connectivity index (χ1n) is 5.94. The first-order valence-corrected chi connectivity index (χ1v) is 7.83. The normalized spacial score (nSPS) is 16.7. The zero-order valence-corrected chi connectivity index (χ0v) is 12.3. The Morgan fingerprint density at radius 1 is 1.32 bits per heavy atom. The summed E-state index contributed by atoms with van der Waals surface area (Å²) in [5, 5.41) is 6.35. The van der Waals surface area contributed by atoms with Gasteiger partial charge in [-0.2, -0.15) is 0 Å². The summed E-state index contributed by atoms with van der Waals surface area (Å²) in [6.07, 6.45) is 2.95. The third kappa shape index (κ3) is 4.33. The number of halogens is 2. The van der Waals surface area contributed by atoms with Crippen LogP contribution in [0.3, 0.4) is 0 Å². The quantitative estimate of drug-likeness (QED) is 0.894. The molecule has 1 aromatic carbocycles. The van der Waals surface area contributed by atoms with E-state index in [0.29, 0.717) is 5.69 Å². The van der Waals surface area contributed by atoms with E-state index in [9.17, 15) is 12.8 Å². The number of sulfone groups is 1. The van der Waals surface area contributed by atoms with Crippen LogP contribution in [0.4, 0.5) is 10.1 Å². The van der Waals surface area contributed by atoms with E-state index in [4.69, 9.17) is 0 Å². The first kappa shape index (κ1) is 16.2. The van der Waals surface area contributed by atoms with E-state index >= 15 is 0 Å². The van der Waals surface area contributed by atoms with Crippen LogP contribution in [0.5, 0.6) is 0 Å². The summed E-state index contributed by atoms with van der Waals surface area (Å²) in [5.74, 6) is -0.517.